The van der Waals surface area contributed by atoms with Crippen molar-refractivity contribution in [3.05, 3.63) is 0 Å². The van der Waals surface area contributed by atoms with E-state index < -0.39 is 0 Å². The van der Waals surface area contributed by atoms with E-state index in [0.717, 1.165) is 0 Å². The number of methoxy groups -OCH3 is 1. The maximum Gasteiger partial charge on any atom is 0.307 e. The van der Waals surface area contributed by atoms with E-state index in [2.05, 4.69) is 23.2 Å². The first-order valence-electron chi connectivity index (χ1n) is 6.03. The zero-order valence-electron chi connectivity index (χ0n) is 10.5. The van der Waals surface area contributed by atoms with Crippen molar-refractivity contribution in [3.63, 3.8) is 0 Å². The van der Waals surface area contributed by atoms with Gasteiger partial charge in [0.15, 0.2) is 0 Å². The van der Waals surface area contributed by atoms with Crippen LogP contribution in [0.2, 0.25) is 0 Å². The van der Waals surface area contributed by atoms with E-state index in [1.54, 1.807) is 0 Å². The average Bonchev–Trinajstić information content (AvgIpc) is 2.29. The molecule has 1 saturated carbocycles. The summed E-state index contributed by atoms with van der Waals surface area (Å²) >= 11 is 1.94. The van der Waals surface area contributed by atoms with Gasteiger partial charge in [0, 0.05) is 17.3 Å². The van der Waals surface area contributed by atoms with Crippen LogP contribution in [-0.2, 0) is 9.53 Å². The van der Waals surface area contributed by atoms with Gasteiger partial charge in [0.25, 0.3) is 0 Å². The third-order valence-electron chi connectivity index (χ3n) is 3.20. The van der Waals surface area contributed by atoms with Crippen LogP contribution in [0.4, 0.5) is 0 Å². The monoisotopic (exact) mass is 245 g/mol. The van der Waals surface area contributed by atoms with Crippen molar-refractivity contribution in [1.29, 1.82) is 0 Å². The van der Waals surface area contributed by atoms with Crippen molar-refractivity contribution in [2.24, 2.45) is 0 Å². The number of carbonyl (C=O) groups excluding carboxylic acids is 1. The smallest absolute Gasteiger partial charge is 0.307 e. The number of rotatable bonds is 5. The van der Waals surface area contributed by atoms with Gasteiger partial charge in [-0.15, -0.1) is 0 Å². The third kappa shape index (κ3) is 4.34. The van der Waals surface area contributed by atoms with Gasteiger partial charge < -0.3 is 10.1 Å². The van der Waals surface area contributed by atoms with E-state index in [9.17, 15) is 4.79 Å². The number of esters is 1. The lowest BCUT2D eigenvalue weighted by atomic mass is 9.94. The highest BCUT2D eigenvalue weighted by molar-refractivity contribution is 7.99. The average molecular weight is 245 g/mol. The summed E-state index contributed by atoms with van der Waals surface area (Å²) < 4.78 is 4.68. The summed E-state index contributed by atoms with van der Waals surface area (Å²) in [7, 11) is 1.44. The highest BCUT2D eigenvalue weighted by atomic mass is 32.2. The molecule has 3 atom stereocenters. The minimum atomic E-state index is -0.128. The van der Waals surface area contributed by atoms with Crippen LogP contribution in [0, 0.1) is 0 Å². The van der Waals surface area contributed by atoms with Gasteiger partial charge in [-0.2, -0.15) is 11.8 Å². The number of carbonyl (C=O) groups is 1. The Kier molecular flexibility index (Phi) is 6.21. The molecule has 4 heteroatoms. The van der Waals surface area contributed by atoms with Crippen molar-refractivity contribution < 1.29 is 9.53 Å². The summed E-state index contributed by atoms with van der Waals surface area (Å²) in [4.78, 5) is 11.1. The van der Waals surface area contributed by atoms with E-state index in [-0.39, 0.29) is 12.0 Å². The minimum absolute atomic E-state index is 0.128. The van der Waals surface area contributed by atoms with Gasteiger partial charge in [0.2, 0.25) is 0 Å². The molecule has 0 aliphatic heterocycles. The molecule has 94 valence electrons. The lowest BCUT2D eigenvalue weighted by Crippen LogP contribution is -2.45. The van der Waals surface area contributed by atoms with Gasteiger partial charge in [-0.1, -0.05) is 12.8 Å². The normalized spacial score (nSPS) is 27.4. The van der Waals surface area contributed by atoms with Crippen LogP contribution in [0.5, 0.6) is 0 Å². The molecule has 0 bridgehead atoms. The lowest BCUT2D eigenvalue weighted by molar-refractivity contribution is -0.141. The van der Waals surface area contributed by atoms with Crippen LogP contribution in [0.15, 0.2) is 0 Å². The molecule has 0 heterocycles. The number of thioether (sulfide) groups is 1. The standard InChI is InChI=1S/C12H23NO2S/c1-9(8-12(14)15-2)13-10-6-4-5-7-11(10)16-3/h9-11,13H,4-8H2,1-3H3. The Morgan fingerprint density at radius 1 is 1.50 bits per heavy atom. The van der Waals surface area contributed by atoms with Crippen LogP contribution in [-0.4, -0.2) is 36.7 Å². The van der Waals surface area contributed by atoms with Crippen LogP contribution < -0.4 is 5.32 Å². The zero-order chi connectivity index (χ0) is 12.0. The van der Waals surface area contributed by atoms with Crippen molar-refractivity contribution in [1.82, 2.24) is 5.32 Å². The Morgan fingerprint density at radius 3 is 2.81 bits per heavy atom. The summed E-state index contributed by atoms with van der Waals surface area (Å²) in [5.41, 5.74) is 0. The molecule has 0 aromatic carbocycles. The predicted octanol–water partition coefficient (Wildman–Crippen LogP) is 2.20. The van der Waals surface area contributed by atoms with Gasteiger partial charge in [-0.25, -0.2) is 0 Å². The van der Waals surface area contributed by atoms with Gasteiger partial charge in [0.1, 0.15) is 0 Å². The maximum atomic E-state index is 11.1. The number of hydrogen-bond acceptors (Lipinski definition) is 4. The summed E-state index contributed by atoms with van der Waals surface area (Å²) in [6.07, 6.45) is 7.82. The van der Waals surface area contributed by atoms with Crippen LogP contribution in [0.3, 0.4) is 0 Å². The molecule has 1 N–H and O–H groups in total. The van der Waals surface area contributed by atoms with E-state index in [1.165, 1.54) is 32.8 Å². The van der Waals surface area contributed by atoms with Crippen LogP contribution >= 0.6 is 11.8 Å². The topological polar surface area (TPSA) is 38.3 Å². The zero-order valence-corrected chi connectivity index (χ0v) is 11.3. The fraction of sp³-hybridized carbons (Fsp3) is 0.917. The van der Waals surface area contributed by atoms with Crippen molar-refractivity contribution in [3.8, 4) is 0 Å². The molecule has 1 rings (SSSR count). The van der Waals surface area contributed by atoms with Crippen molar-refractivity contribution in [2.75, 3.05) is 13.4 Å². The lowest BCUT2D eigenvalue weighted by Gasteiger charge is -2.33. The first-order valence-corrected chi connectivity index (χ1v) is 7.31. The highest BCUT2D eigenvalue weighted by Crippen LogP contribution is 2.27. The van der Waals surface area contributed by atoms with Crippen LogP contribution in [0.25, 0.3) is 0 Å². The number of ether oxygens (including phenoxy) is 1. The van der Waals surface area contributed by atoms with E-state index in [4.69, 9.17) is 0 Å². The van der Waals surface area contributed by atoms with Crippen LogP contribution in [0.1, 0.15) is 39.0 Å². The molecule has 0 aromatic rings. The fourth-order valence-electron chi connectivity index (χ4n) is 2.33. The van der Waals surface area contributed by atoms with Crippen molar-refractivity contribution >= 4 is 17.7 Å². The molecule has 1 fully saturated rings. The summed E-state index contributed by atoms with van der Waals surface area (Å²) in [5.74, 6) is -0.128. The Balaban J connectivity index is 2.35. The highest BCUT2D eigenvalue weighted by Gasteiger charge is 2.25. The quantitative estimate of drug-likeness (QED) is 0.754. The van der Waals surface area contributed by atoms with E-state index in [1.807, 2.05) is 11.8 Å². The Morgan fingerprint density at radius 2 is 2.19 bits per heavy atom. The SMILES string of the molecule is COC(=O)CC(C)NC1CCCCC1SC. The fourth-order valence-corrected chi connectivity index (χ4v) is 3.27. The second-order valence-electron chi connectivity index (χ2n) is 4.51. The Bertz CT molecular complexity index is 223. The molecule has 0 amide bonds. The summed E-state index contributed by atoms with van der Waals surface area (Å²) in [6.45, 7) is 2.06. The molecule has 3 unspecified atom stereocenters. The van der Waals surface area contributed by atoms with E-state index in [0.29, 0.717) is 17.7 Å². The largest absolute Gasteiger partial charge is 0.469 e. The number of nitrogens with one attached hydrogen (secondary N) is 1. The molecular formula is C12H23NO2S. The molecule has 0 radical (unpaired) electrons. The van der Waals surface area contributed by atoms with Gasteiger partial charge in [-0.05, 0) is 26.0 Å². The van der Waals surface area contributed by atoms with Gasteiger partial charge in [-0.3, -0.25) is 4.79 Å². The molecule has 3 nitrogen and oxygen atoms in total. The second kappa shape index (κ2) is 7.17. The Labute approximate surface area is 103 Å². The van der Waals surface area contributed by atoms with Gasteiger partial charge >= 0.3 is 5.97 Å². The second-order valence-corrected chi connectivity index (χ2v) is 5.59. The molecular weight excluding hydrogens is 222 g/mol. The predicted molar refractivity (Wildman–Crippen MR) is 68.8 cm³/mol. The van der Waals surface area contributed by atoms with Crippen molar-refractivity contribution in [2.45, 2.75) is 56.4 Å². The molecule has 1 aliphatic rings. The molecule has 1 aliphatic carbocycles. The summed E-state index contributed by atoms with van der Waals surface area (Å²) in [5, 5.41) is 4.27. The van der Waals surface area contributed by atoms with E-state index >= 15 is 0 Å². The first-order chi connectivity index (χ1) is 7.67. The molecule has 0 aromatic heterocycles. The molecule has 0 saturated heterocycles. The number of hydrogen-bond donors (Lipinski definition) is 1. The third-order valence-corrected chi connectivity index (χ3v) is 4.37. The Hall–Kier alpha value is -0.220. The first kappa shape index (κ1) is 13.8. The van der Waals surface area contributed by atoms with Gasteiger partial charge in [0.05, 0.1) is 13.5 Å². The minimum Gasteiger partial charge on any atom is -0.469 e. The maximum absolute atomic E-state index is 11.1. The summed E-state index contributed by atoms with van der Waals surface area (Å²) in [6, 6.07) is 0.772. The molecule has 16 heavy (non-hydrogen) atoms. The molecule has 0 spiro atoms.